The number of nitrogens with zero attached hydrogens (tertiary/aromatic N) is 4. The summed E-state index contributed by atoms with van der Waals surface area (Å²) in [6.07, 6.45) is 5.31. The Morgan fingerprint density at radius 3 is 3.16 bits per heavy atom. The van der Waals surface area contributed by atoms with Crippen LogP contribution in [0, 0.1) is 0 Å². The van der Waals surface area contributed by atoms with Crippen LogP contribution in [0.4, 0.5) is 0 Å². The number of carbonyl (C=O) groups is 1. The van der Waals surface area contributed by atoms with Crippen LogP contribution in [0.2, 0.25) is 0 Å². The van der Waals surface area contributed by atoms with E-state index in [2.05, 4.69) is 20.6 Å². The van der Waals surface area contributed by atoms with Gasteiger partial charge in [0.1, 0.15) is 6.26 Å². The zero-order chi connectivity index (χ0) is 17.2. The van der Waals surface area contributed by atoms with Crippen LogP contribution in [0.5, 0.6) is 6.08 Å². The first-order valence-electron chi connectivity index (χ1n) is 8.55. The highest BCUT2D eigenvalue weighted by molar-refractivity contribution is 5.92. The van der Waals surface area contributed by atoms with Crippen molar-refractivity contribution in [1.82, 2.24) is 19.4 Å². The number of para-hydroxylation sites is 2. The van der Waals surface area contributed by atoms with Crippen LogP contribution in [0.1, 0.15) is 30.3 Å². The van der Waals surface area contributed by atoms with Crippen molar-refractivity contribution in [3.05, 3.63) is 42.5 Å². The van der Waals surface area contributed by atoms with Crippen molar-refractivity contribution in [3.63, 3.8) is 0 Å². The largest absolute Gasteiger partial charge is 0.450 e. The predicted octanol–water partition coefficient (Wildman–Crippen LogP) is 2.73. The zero-order valence-electron chi connectivity index (χ0n) is 14.1. The monoisotopic (exact) mass is 340 g/mol. The van der Waals surface area contributed by atoms with Crippen molar-refractivity contribution in [2.45, 2.75) is 32.4 Å². The molecule has 1 atom stereocenters. The highest BCUT2D eigenvalue weighted by Gasteiger charge is 2.31. The predicted molar refractivity (Wildman–Crippen MR) is 91.5 cm³/mol. The molecule has 25 heavy (non-hydrogen) atoms. The molecule has 2 aromatic heterocycles. The van der Waals surface area contributed by atoms with E-state index in [1.807, 2.05) is 36.4 Å². The molecule has 1 aliphatic rings. The van der Waals surface area contributed by atoms with E-state index in [1.54, 1.807) is 0 Å². The van der Waals surface area contributed by atoms with Gasteiger partial charge >= 0.3 is 6.08 Å². The first kappa shape index (κ1) is 15.7. The summed E-state index contributed by atoms with van der Waals surface area (Å²) < 4.78 is 12.5. The van der Waals surface area contributed by atoms with Crippen LogP contribution in [0.25, 0.3) is 11.0 Å². The van der Waals surface area contributed by atoms with Gasteiger partial charge in [-0.1, -0.05) is 12.1 Å². The Balaban J connectivity index is 1.52. The van der Waals surface area contributed by atoms with Gasteiger partial charge in [-0.05, 0) is 31.9 Å². The minimum absolute atomic E-state index is 0.110. The summed E-state index contributed by atoms with van der Waals surface area (Å²) in [6, 6.07) is 8.15. The molecule has 7 heteroatoms. The van der Waals surface area contributed by atoms with Gasteiger partial charge in [0, 0.05) is 13.1 Å². The van der Waals surface area contributed by atoms with Crippen molar-refractivity contribution < 1.29 is 13.9 Å². The number of hydrogen-bond acceptors (Lipinski definition) is 5. The molecule has 0 N–H and O–H groups in total. The fourth-order valence-corrected chi connectivity index (χ4v) is 3.37. The summed E-state index contributed by atoms with van der Waals surface area (Å²) in [7, 11) is 0. The summed E-state index contributed by atoms with van der Waals surface area (Å²) in [5.41, 5.74) is 2.35. The number of oxazole rings is 1. The van der Waals surface area contributed by atoms with Gasteiger partial charge < -0.3 is 18.6 Å². The third kappa shape index (κ3) is 2.97. The summed E-state index contributed by atoms with van der Waals surface area (Å²) in [4.78, 5) is 23.2. The van der Waals surface area contributed by atoms with Gasteiger partial charge in [0.25, 0.3) is 5.91 Å². The second-order valence-electron chi connectivity index (χ2n) is 6.11. The van der Waals surface area contributed by atoms with E-state index in [1.165, 1.54) is 6.26 Å². The third-order valence-corrected chi connectivity index (χ3v) is 4.54. The van der Waals surface area contributed by atoms with Crippen molar-refractivity contribution in [2.24, 2.45) is 0 Å². The van der Waals surface area contributed by atoms with Gasteiger partial charge in [-0.3, -0.25) is 4.79 Å². The first-order chi connectivity index (χ1) is 12.3. The maximum Gasteiger partial charge on any atom is 0.394 e. The van der Waals surface area contributed by atoms with Crippen molar-refractivity contribution in [2.75, 3.05) is 13.2 Å². The molecule has 0 radical (unpaired) electrons. The number of carbonyl (C=O) groups excluding carboxylic acids is 1. The minimum Gasteiger partial charge on any atom is -0.450 e. The summed E-state index contributed by atoms with van der Waals surface area (Å²) in [5.74, 6) is -0.110. The van der Waals surface area contributed by atoms with Crippen LogP contribution in [0.3, 0.4) is 0 Å². The molecule has 3 heterocycles. The second-order valence-corrected chi connectivity index (χ2v) is 6.11. The molecular weight excluding hydrogens is 320 g/mol. The number of aromatic nitrogens is 3. The summed E-state index contributed by atoms with van der Waals surface area (Å²) >= 11 is 0. The lowest BCUT2D eigenvalue weighted by Crippen LogP contribution is -2.38. The average Bonchev–Trinajstić information content (AvgIpc) is 3.35. The summed E-state index contributed by atoms with van der Waals surface area (Å²) in [6.45, 7) is 3.75. The molecule has 0 spiro atoms. The topological polar surface area (TPSA) is 73.4 Å². The standard InChI is InChI=1S/C18H20N4O3/c1-2-24-18-20-15(11-25-18)17(23)22-9-5-6-13(22)10-21-12-19-14-7-3-4-8-16(14)21/h3-4,7-8,11-13H,2,5-6,9-10H2,1H3. The Hall–Kier alpha value is -2.83. The average molecular weight is 340 g/mol. The van der Waals surface area contributed by atoms with Crippen LogP contribution in [-0.4, -0.2) is 44.5 Å². The third-order valence-electron chi connectivity index (χ3n) is 4.54. The van der Waals surface area contributed by atoms with Crippen molar-refractivity contribution in [3.8, 4) is 6.08 Å². The molecule has 0 bridgehead atoms. The Kier molecular flexibility index (Phi) is 4.13. The molecule has 1 aliphatic heterocycles. The van der Waals surface area contributed by atoms with E-state index in [4.69, 9.17) is 9.15 Å². The smallest absolute Gasteiger partial charge is 0.394 e. The molecule has 7 nitrogen and oxygen atoms in total. The van der Waals surface area contributed by atoms with Crippen LogP contribution < -0.4 is 4.74 Å². The number of hydrogen-bond donors (Lipinski definition) is 0. The van der Waals surface area contributed by atoms with Crippen molar-refractivity contribution in [1.29, 1.82) is 0 Å². The number of likely N-dealkylation sites (tertiary alicyclic amines) is 1. The Morgan fingerprint density at radius 2 is 2.28 bits per heavy atom. The maximum atomic E-state index is 12.8. The van der Waals surface area contributed by atoms with Crippen LogP contribution in [0.15, 0.2) is 41.3 Å². The highest BCUT2D eigenvalue weighted by Crippen LogP contribution is 2.24. The minimum atomic E-state index is -0.110. The zero-order valence-corrected chi connectivity index (χ0v) is 14.1. The molecule has 1 aromatic carbocycles. The van der Waals surface area contributed by atoms with Gasteiger partial charge in [0.2, 0.25) is 0 Å². The van der Waals surface area contributed by atoms with Gasteiger partial charge in [0.15, 0.2) is 5.69 Å². The highest BCUT2D eigenvalue weighted by atomic mass is 16.6. The van der Waals surface area contributed by atoms with E-state index >= 15 is 0 Å². The van der Waals surface area contributed by atoms with Crippen LogP contribution in [-0.2, 0) is 6.54 Å². The molecule has 1 unspecified atom stereocenters. The van der Waals surface area contributed by atoms with Crippen LogP contribution >= 0.6 is 0 Å². The van der Waals surface area contributed by atoms with Gasteiger partial charge in [-0.25, -0.2) is 4.98 Å². The Labute approximate surface area is 145 Å². The van der Waals surface area contributed by atoms with Gasteiger partial charge in [-0.15, -0.1) is 0 Å². The van der Waals surface area contributed by atoms with Crippen molar-refractivity contribution >= 4 is 16.9 Å². The molecule has 3 aromatic rings. The number of fused-ring (bicyclic) bond motifs is 1. The molecule has 1 amide bonds. The SMILES string of the molecule is CCOc1nc(C(=O)N2CCCC2Cn2cnc3ccccc32)co1. The normalized spacial score (nSPS) is 17.3. The lowest BCUT2D eigenvalue weighted by atomic mass is 10.2. The fraction of sp³-hybridized carbons (Fsp3) is 0.389. The Morgan fingerprint density at radius 1 is 1.40 bits per heavy atom. The maximum absolute atomic E-state index is 12.8. The first-order valence-corrected chi connectivity index (χ1v) is 8.55. The number of rotatable bonds is 5. The number of benzene rings is 1. The van der Waals surface area contributed by atoms with E-state index in [0.717, 1.165) is 37.0 Å². The van der Waals surface area contributed by atoms with E-state index in [0.29, 0.717) is 12.3 Å². The molecule has 0 aliphatic carbocycles. The second kappa shape index (κ2) is 6.58. The molecular formula is C18H20N4O3. The number of ether oxygens (including phenoxy) is 1. The lowest BCUT2D eigenvalue weighted by molar-refractivity contribution is 0.0718. The van der Waals surface area contributed by atoms with Gasteiger partial charge in [0.05, 0.1) is 30.0 Å². The molecule has 4 rings (SSSR count). The van der Waals surface area contributed by atoms with Gasteiger partial charge in [-0.2, -0.15) is 4.98 Å². The van der Waals surface area contributed by atoms with E-state index in [9.17, 15) is 4.79 Å². The summed E-state index contributed by atoms with van der Waals surface area (Å²) in [5, 5.41) is 0. The molecule has 130 valence electrons. The quantitative estimate of drug-likeness (QED) is 0.714. The molecule has 1 saturated heterocycles. The molecule has 0 saturated carbocycles. The number of imidazole rings is 1. The fourth-order valence-electron chi connectivity index (χ4n) is 3.37. The molecule has 1 fully saturated rings. The lowest BCUT2D eigenvalue weighted by Gasteiger charge is -2.24. The number of amides is 1. The van der Waals surface area contributed by atoms with E-state index < -0.39 is 0 Å². The Bertz CT molecular complexity index is 885. The van der Waals surface area contributed by atoms with E-state index in [-0.39, 0.29) is 18.0 Å².